The van der Waals surface area contributed by atoms with Crippen molar-refractivity contribution in [2.24, 2.45) is 0 Å². The summed E-state index contributed by atoms with van der Waals surface area (Å²) in [7, 11) is 0. The molecule has 0 saturated heterocycles. The molecular weight excluding hydrogens is 256 g/mol. The van der Waals surface area contributed by atoms with Crippen LogP contribution in [0, 0.1) is 6.92 Å². The lowest BCUT2D eigenvalue weighted by molar-refractivity contribution is 0.464. The molecule has 0 radical (unpaired) electrons. The van der Waals surface area contributed by atoms with Gasteiger partial charge in [0.2, 0.25) is 0 Å². The van der Waals surface area contributed by atoms with Gasteiger partial charge in [0, 0.05) is 10.9 Å². The number of rotatable bonds is 4. The van der Waals surface area contributed by atoms with Gasteiger partial charge in [0.15, 0.2) is 10.8 Å². The quantitative estimate of drug-likeness (QED) is 0.914. The van der Waals surface area contributed by atoms with Crippen LogP contribution < -0.4 is 5.32 Å². The molecule has 1 N–H and O–H groups in total. The van der Waals surface area contributed by atoms with Gasteiger partial charge in [-0.1, -0.05) is 6.92 Å². The van der Waals surface area contributed by atoms with Gasteiger partial charge in [-0.3, -0.25) is 0 Å². The summed E-state index contributed by atoms with van der Waals surface area (Å²) >= 11 is 1.79. The summed E-state index contributed by atoms with van der Waals surface area (Å²) in [5, 5.41) is 4.67. The zero-order chi connectivity index (χ0) is 13.2. The van der Waals surface area contributed by atoms with E-state index in [-0.39, 0.29) is 0 Å². The van der Waals surface area contributed by atoms with Crippen molar-refractivity contribution in [2.75, 3.05) is 6.54 Å². The number of aromatic nitrogens is 1. The molecule has 1 aliphatic carbocycles. The van der Waals surface area contributed by atoms with Crippen molar-refractivity contribution in [3.63, 3.8) is 0 Å². The van der Waals surface area contributed by atoms with Crippen LogP contribution in [0.2, 0.25) is 0 Å². The van der Waals surface area contributed by atoms with Crippen molar-refractivity contribution < 1.29 is 4.42 Å². The molecule has 0 saturated carbocycles. The van der Waals surface area contributed by atoms with Crippen LogP contribution in [0.4, 0.5) is 0 Å². The van der Waals surface area contributed by atoms with Crippen LogP contribution in [0.15, 0.2) is 16.5 Å². The Balaban J connectivity index is 1.88. The Morgan fingerprint density at radius 2 is 2.37 bits per heavy atom. The number of nitrogens with zero attached hydrogens (tertiary/aromatic N) is 1. The second kappa shape index (κ2) is 5.47. The second-order valence-electron chi connectivity index (χ2n) is 5.14. The summed E-state index contributed by atoms with van der Waals surface area (Å²) in [4.78, 5) is 6.20. The fourth-order valence-electron chi connectivity index (χ4n) is 2.59. The van der Waals surface area contributed by atoms with Gasteiger partial charge in [0.1, 0.15) is 5.76 Å². The van der Waals surface area contributed by atoms with Crippen molar-refractivity contribution in [3.8, 4) is 10.8 Å². The highest BCUT2D eigenvalue weighted by atomic mass is 32.1. The van der Waals surface area contributed by atoms with Crippen molar-refractivity contribution in [1.82, 2.24) is 10.3 Å². The van der Waals surface area contributed by atoms with Gasteiger partial charge in [-0.15, -0.1) is 11.3 Å². The van der Waals surface area contributed by atoms with Gasteiger partial charge in [0.25, 0.3) is 0 Å². The minimum Gasteiger partial charge on any atom is -0.459 e. The van der Waals surface area contributed by atoms with E-state index in [1.54, 1.807) is 11.3 Å². The highest BCUT2D eigenvalue weighted by Gasteiger charge is 2.25. The van der Waals surface area contributed by atoms with Crippen molar-refractivity contribution >= 4 is 11.3 Å². The molecule has 2 heterocycles. The molecule has 2 aromatic heterocycles. The molecule has 3 nitrogen and oxygen atoms in total. The van der Waals surface area contributed by atoms with Crippen LogP contribution in [0.5, 0.6) is 0 Å². The summed E-state index contributed by atoms with van der Waals surface area (Å²) in [6.07, 6.45) is 4.74. The van der Waals surface area contributed by atoms with Crippen LogP contribution in [-0.2, 0) is 6.42 Å². The number of aryl methyl sites for hydroxylation is 2. The molecule has 0 fully saturated rings. The number of furan rings is 1. The van der Waals surface area contributed by atoms with Crippen LogP contribution in [0.25, 0.3) is 10.8 Å². The van der Waals surface area contributed by atoms with Crippen LogP contribution >= 0.6 is 11.3 Å². The van der Waals surface area contributed by atoms with Crippen molar-refractivity contribution in [1.29, 1.82) is 0 Å². The molecule has 3 rings (SSSR count). The molecule has 0 spiro atoms. The predicted octanol–water partition coefficient (Wildman–Crippen LogP) is 4.09. The Kier molecular flexibility index (Phi) is 3.71. The van der Waals surface area contributed by atoms with Crippen molar-refractivity contribution in [2.45, 2.75) is 45.6 Å². The average Bonchev–Trinajstić information content (AvgIpc) is 3.02. The number of thiazole rings is 1. The maximum atomic E-state index is 5.69. The number of fused-ring (bicyclic) bond motifs is 1. The summed E-state index contributed by atoms with van der Waals surface area (Å²) in [5.74, 6) is 1.86. The predicted molar refractivity (Wildman–Crippen MR) is 78.5 cm³/mol. The first-order valence-corrected chi connectivity index (χ1v) is 7.89. The molecule has 1 atom stereocenters. The molecule has 0 bridgehead atoms. The minimum atomic E-state index is 0.492. The van der Waals surface area contributed by atoms with Gasteiger partial charge in [-0.25, -0.2) is 4.98 Å². The number of nitrogens with one attached hydrogen (secondary N) is 1. The molecular formula is C15H20N2OS. The SMILES string of the molecule is CCCNC1CCCc2nc(-c3ccc(C)o3)sc21. The lowest BCUT2D eigenvalue weighted by atomic mass is 9.98. The van der Waals surface area contributed by atoms with Gasteiger partial charge in [-0.05, 0) is 51.3 Å². The second-order valence-corrected chi connectivity index (χ2v) is 6.17. The van der Waals surface area contributed by atoms with E-state index >= 15 is 0 Å². The smallest absolute Gasteiger partial charge is 0.162 e. The number of hydrogen-bond acceptors (Lipinski definition) is 4. The van der Waals surface area contributed by atoms with E-state index in [1.165, 1.54) is 29.8 Å². The monoisotopic (exact) mass is 276 g/mol. The molecule has 4 heteroatoms. The molecule has 102 valence electrons. The van der Waals surface area contributed by atoms with Crippen LogP contribution in [-0.4, -0.2) is 11.5 Å². The highest BCUT2D eigenvalue weighted by Crippen LogP contribution is 2.38. The fourth-order valence-corrected chi connectivity index (χ4v) is 3.77. The third-order valence-electron chi connectivity index (χ3n) is 3.54. The van der Waals surface area contributed by atoms with E-state index in [0.717, 1.165) is 29.5 Å². The van der Waals surface area contributed by atoms with Crippen molar-refractivity contribution in [3.05, 3.63) is 28.5 Å². The first-order chi connectivity index (χ1) is 9.28. The van der Waals surface area contributed by atoms with E-state index in [1.807, 2.05) is 19.1 Å². The lowest BCUT2D eigenvalue weighted by Crippen LogP contribution is -2.24. The first kappa shape index (κ1) is 12.9. The average molecular weight is 276 g/mol. The van der Waals surface area contributed by atoms with Gasteiger partial charge in [-0.2, -0.15) is 0 Å². The number of hydrogen-bond donors (Lipinski definition) is 1. The molecule has 19 heavy (non-hydrogen) atoms. The molecule has 1 aliphatic rings. The van der Waals surface area contributed by atoms with Crippen LogP contribution in [0.1, 0.15) is 48.6 Å². The largest absolute Gasteiger partial charge is 0.459 e. The van der Waals surface area contributed by atoms with Crippen LogP contribution in [0.3, 0.4) is 0 Å². The summed E-state index contributed by atoms with van der Waals surface area (Å²) in [6, 6.07) is 4.52. The van der Waals surface area contributed by atoms with E-state index in [4.69, 9.17) is 9.40 Å². The van der Waals surface area contributed by atoms with E-state index in [9.17, 15) is 0 Å². The Morgan fingerprint density at radius 1 is 1.47 bits per heavy atom. The lowest BCUT2D eigenvalue weighted by Gasteiger charge is -2.22. The molecule has 0 aliphatic heterocycles. The van der Waals surface area contributed by atoms with E-state index in [0.29, 0.717) is 6.04 Å². The van der Waals surface area contributed by atoms with E-state index < -0.39 is 0 Å². The zero-order valence-electron chi connectivity index (χ0n) is 11.5. The molecule has 0 amide bonds. The van der Waals surface area contributed by atoms with E-state index in [2.05, 4.69) is 12.2 Å². The third-order valence-corrected chi connectivity index (χ3v) is 4.77. The molecule has 2 aromatic rings. The summed E-state index contributed by atoms with van der Waals surface area (Å²) in [6.45, 7) is 5.26. The minimum absolute atomic E-state index is 0.492. The zero-order valence-corrected chi connectivity index (χ0v) is 12.3. The van der Waals surface area contributed by atoms with Gasteiger partial charge >= 0.3 is 0 Å². The maximum Gasteiger partial charge on any atom is 0.162 e. The fraction of sp³-hybridized carbons (Fsp3) is 0.533. The highest BCUT2D eigenvalue weighted by molar-refractivity contribution is 7.15. The summed E-state index contributed by atoms with van der Waals surface area (Å²) < 4.78 is 5.69. The standard InChI is InChI=1S/C15H20N2OS/c1-3-9-16-11-5-4-6-12-14(11)19-15(17-12)13-8-7-10(2)18-13/h7-8,11,16H,3-6,9H2,1-2H3. The van der Waals surface area contributed by atoms with Gasteiger partial charge < -0.3 is 9.73 Å². The Bertz CT molecular complexity index is 558. The molecule has 1 unspecified atom stereocenters. The Morgan fingerprint density at radius 3 is 3.11 bits per heavy atom. The normalized spacial score (nSPS) is 18.5. The summed E-state index contributed by atoms with van der Waals surface area (Å²) in [5.41, 5.74) is 1.27. The molecule has 0 aromatic carbocycles. The maximum absolute atomic E-state index is 5.69. The third kappa shape index (κ3) is 2.60. The Labute approximate surface area is 118 Å². The van der Waals surface area contributed by atoms with Gasteiger partial charge in [0.05, 0.1) is 5.69 Å². The first-order valence-electron chi connectivity index (χ1n) is 7.07. The Hall–Kier alpha value is -1.13. The topological polar surface area (TPSA) is 38.1 Å².